The van der Waals surface area contributed by atoms with E-state index in [2.05, 4.69) is 27.4 Å². The molecule has 0 fully saturated rings. The van der Waals surface area contributed by atoms with Crippen LogP contribution in [-0.4, -0.2) is 6.26 Å². The summed E-state index contributed by atoms with van der Waals surface area (Å²) in [6, 6.07) is 0. The van der Waals surface area contributed by atoms with Crippen molar-refractivity contribution >= 4 is 61.9 Å². The zero-order valence-corrected chi connectivity index (χ0v) is 8.87. The lowest BCUT2D eigenvalue weighted by Gasteiger charge is -1.94. The van der Waals surface area contributed by atoms with Crippen molar-refractivity contribution in [3.05, 3.63) is 0 Å². The highest BCUT2D eigenvalue weighted by Crippen LogP contribution is 2.25. The van der Waals surface area contributed by atoms with Crippen molar-refractivity contribution in [2.45, 2.75) is 0 Å². The Morgan fingerprint density at radius 2 is 1.60 bits per heavy atom. The normalized spacial score (nSPS) is 10.2. The second-order valence-electron chi connectivity index (χ2n) is 0.649. The van der Waals surface area contributed by atoms with E-state index in [1.807, 2.05) is 0 Å². The van der Waals surface area contributed by atoms with Crippen molar-refractivity contribution in [1.82, 2.24) is 0 Å². The van der Waals surface area contributed by atoms with Crippen molar-refractivity contribution in [2.75, 3.05) is 6.26 Å². The summed E-state index contributed by atoms with van der Waals surface area (Å²) in [6.07, 6.45) is 1.77. The first-order valence-corrected chi connectivity index (χ1v) is 5.27. The Hall–Kier alpha value is 1.59. The number of hydrogen-bond donors (Lipinski definition) is 1. The molecular weight excluding hydrogens is 236 g/mol. The lowest BCUT2D eigenvalue weighted by Crippen LogP contribution is -1.66. The molecule has 0 bridgehead atoms. The predicted octanol–water partition coefficient (Wildman–Crippen LogP) is 2.87. The largest absolute Gasteiger partial charge is 0.222 e. The van der Waals surface area contributed by atoms with E-state index in [-0.39, 0.29) is 0 Å². The quantitative estimate of drug-likeness (QED) is 0.413. The molecule has 0 aliphatic carbocycles. The zero-order valence-electron chi connectivity index (χ0n) is 4.71. The van der Waals surface area contributed by atoms with Crippen LogP contribution in [0.2, 0.25) is 0 Å². The molecule has 62 valence electrons. The van der Waals surface area contributed by atoms with Crippen LogP contribution in [0.3, 0.4) is 0 Å². The van der Waals surface area contributed by atoms with Gasteiger partial charge >= 0.3 is 0 Å². The highest BCUT2D eigenvalue weighted by atomic mass is 32.3. The smallest absolute Gasteiger partial charge is 0.188 e. The van der Waals surface area contributed by atoms with Gasteiger partial charge in [-0.3, -0.25) is 0 Å². The second kappa shape index (κ2) is 10.6. The van der Waals surface area contributed by atoms with Crippen LogP contribution in [0.1, 0.15) is 0 Å². The van der Waals surface area contributed by atoms with E-state index in [0.717, 1.165) is 24.6 Å². The van der Waals surface area contributed by atoms with Crippen LogP contribution in [0.5, 0.6) is 0 Å². The zero-order chi connectivity index (χ0) is 7.66. The maximum atomic E-state index is 4.65. The average molecular weight is 240 g/mol. The maximum Gasteiger partial charge on any atom is 0.188 e. The van der Waals surface area contributed by atoms with Gasteiger partial charge in [0.25, 0.3) is 0 Å². The number of thiol groups is 1. The van der Waals surface area contributed by atoms with Gasteiger partial charge in [0.2, 0.25) is 0 Å². The number of hydrogen-bond acceptors (Lipinski definition) is 9. The third-order valence-corrected chi connectivity index (χ3v) is 2.14. The molecule has 0 aromatic heterocycles. The van der Waals surface area contributed by atoms with Gasteiger partial charge in [-0.25, -0.2) is 7.26 Å². The molecule has 0 N–H and O–H groups in total. The van der Waals surface area contributed by atoms with Crippen LogP contribution in [0.25, 0.3) is 0 Å². The van der Waals surface area contributed by atoms with Crippen molar-refractivity contribution in [2.24, 2.45) is 0 Å². The first-order chi connectivity index (χ1) is 4.91. The van der Waals surface area contributed by atoms with Crippen LogP contribution in [0, 0.1) is 0 Å². The Bertz CT molecular complexity index is 53.6. The monoisotopic (exact) mass is 240 g/mol. The summed E-state index contributed by atoms with van der Waals surface area (Å²) >= 11 is 6.81. The molecule has 0 aliphatic heterocycles. The second-order valence-corrected chi connectivity index (χ2v) is 3.62. The van der Waals surface area contributed by atoms with E-state index in [9.17, 15) is 0 Å². The Morgan fingerprint density at radius 3 is 2.20 bits per heavy atom. The Morgan fingerprint density at radius 1 is 1.00 bits per heavy atom. The molecule has 0 aromatic carbocycles. The van der Waals surface area contributed by atoms with Gasteiger partial charge < -0.3 is 0 Å². The standard InChI is InChI=1S/CH4O4S5/c1-7-3-9-5-10-4-8-2-6/h6H,1H3. The van der Waals surface area contributed by atoms with Crippen molar-refractivity contribution in [3.63, 3.8) is 0 Å². The first-order valence-electron chi connectivity index (χ1n) is 1.76. The molecule has 0 aromatic rings. The van der Waals surface area contributed by atoms with Gasteiger partial charge in [-0.05, 0) is 12.9 Å². The van der Waals surface area contributed by atoms with Gasteiger partial charge in [0, 0.05) is 18.3 Å². The topological polar surface area (TPSA) is 36.9 Å². The minimum absolute atomic E-state index is 0.693. The highest BCUT2D eigenvalue weighted by Gasteiger charge is 1.92. The third-order valence-electron chi connectivity index (χ3n) is 0.237. The molecule has 9 heteroatoms. The van der Waals surface area contributed by atoms with Crippen LogP contribution >= 0.6 is 61.9 Å². The van der Waals surface area contributed by atoms with Gasteiger partial charge in [0.15, 0.2) is 37.0 Å². The molecule has 0 aliphatic rings. The lowest BCUT2D eigenvalue weighted by molar-refractivity contribution is 0.570. The van der Waals surface area contributed by atoms with Gasteiger partial charge in [-0.1, -0.05) is 0 Å². The summed E-state index contributed by atoms with van der Waals surface area (Å²) < 4.78 is 18.0. The van der Waals surface area contributed by atoms with E-state index in [1.54, 1.807) is 6.26 Å². The van der Waals surface area contributed by atoms with Crippen LogP contribution in [-0.2, 0) is 14.5 Å². The highest BCUT2D eigenvalue weighted by molar-refractivity contribution is 8.12. The molecule has 0 amide bonds. The molecule has 0 saturated carbocycles. The molecule has 0 radical (unpaired) electrons. The summed E-state index contributed by atoms with van der Waals surface area (Å²) in [5, 5.41) is 0. The van der Waals surface area contributed by atoms with Gasteiger partial charge in [0.1, 0.15) is 0 Å². The molecule has 4 nitrogen and oxygen atoms in total. The van der Waals surface area contributed by atoms with Crippen molar-refractivity contribution in [1.29, 1.82) is 0 Å². The maximum absolute atomic E-state index is 4.65. The fraction of sp³-hybridized carbons (Fsp3) is 1.00. The molecular formula is CH4O4S5. The van der Waals surface area contributed by atoms with Crippen molar-refractivity contribution < 1.29 is 14.5 Å². The molecule has 0 rings (SSSR count). The Balaban J connectivity index is 2.65. The molecule has 0 saturated heterocycles. The summed E-state index contributed by atoms with van der Waals surface area (Å²) in [5.74, 6) is 0. The Kier molecular flexibility index (Phi) is 12.3. The fourth-order valence-corrected chi connectivity index (χ4v) is 1.40. The third kappa shape index (κ3) is 9.59. The van der Waals surface area contributed by atoms with E-state index in [1.165, 1.54) is 12.0 Å². The van der Waals surface area contributed by atoms with E-state index in [0.29, 0.717) is 12.3 Å². The van der Waals surface area contributed by atoms with E-state index in [4.69, 9.17) is 0 Å². The van der Waals surface area contributed by atoms with Gasteiger partial charge in [0.05, 0.1) is 0 Å². The molecule has 10 heavy (non-hydrogen) atoms. The molecule has 0 heterocycles. The van der Waals surface area contributed by atoms with Crippen LogP contribution in [0.15, 0.2) is 0 Å². The summed E-state index contributed by atoms with van der Waals surface area (Å²) in [7, 11) is 0. The minimum atomic E-state index is 0.693. The summed E-state index contributed by atoms with van der Waals surface area (Å²) in [6.45, 7) is 0. The Labute approximate surface area is 82.5 Å². The van der Waals surface area contributed by atoms with Crippen molar-refractivity contribution in [3.8, 4) is 0 Å². The molecule has 0 unspecified atom stereocenters. The predicted molar refractivity (Wildman–Crippen MR) is 49.6 cm³/mol. The van der Waals surface area contributed by atoms with Gasteiger partial charge in [-0.15, -0.1) is 0 Å². The van der Waals surface area contributed by atoms with Crippen LogP contribution in [0.4, 0.5) is 0 Å². The van der Waals surface area contributed by atoms with E-state index < -0.39 is 0 Å². The SMILES string of the molecule is CSOSOSOSOS. The summed E-state index contributed by atoms with van der Waals surface area (Å²) in [5.41, 5.74) is 0. The summed E-state index contributed by atoms with van der Waals surface area (Å²) in [4.78, 5) is 0. The first kappa shape index (κ1) is 11.6. The molecule has 0 spiro atoms. The van der Waals surface area contributed by atoms with Gasteiger partial charge in [-0.2, -0.15) is 7.26 Å². The number of rotatable bonds is 7. The minimum Gasteiger partial charge on any atom is -0.222 e. The molecule has 0 atom stereocenters. The fourth-order valence-electron chi connectivity index (χ4n) is 0.0856. The van der Waals surface area contributed by atoms with E-state index >= 15 is 0 Å². The average Bonchev–Trinajstić information content (AvgIpc) is 1.97. The lowest BCUT2D eigenvalue weighted by atomic mass is 12.0. The van der Waals surface area contributed by atoms with Crippen LogP contribution < -0.4 is 0 Å².